The lowest BCUT2D eigenvalue weighted by Gasteiger charge is -2.36. The molecule has 0 unspecified atom stereocenters. The van der Waals surface area contributed by atoms with Gasteiger partial charge in [0.25, 0.3) is 0 Å². The number of carboxylic acids is 1. The standard InChI is InChI=1S/C38H55N3O7.C38H53N3O7.C34H47N3O7.3CH4/c2*1-9-25-31-22-41(33(25)36(44)48-38(5,6)7)35(43)26(37(2,3)4)21-32(42)46-30-17-13-15-23(30)14-11-10-12-16-28-34(47-31)40-29-20-24(45-8)18-19-27(29)39-28;1-6-22-28-19-37(30(22)33(40)41)32(39)23(34(2,3)4)18-29(38)43-27-14-10-12-20(27)11-8-7-9-13-25-31(44-28)36-26-17-21(42-5)15-16-24(26)35-25;;;/h18-20,23,25-26,30-31,33H,9-17,21-22H2,1-8H3;12,16,18-20,23,25-26,30-31,33H,9-11,13-15,17,21-22H2,1-8H3;15-17,20,22-23,27-28,30H,6-14,18-19H2,1-5H3,(H,40,41);3*1H4/b;16-12+;;;;/t2*23-,25-,26-,30-,31+,33+;20-,22-,23-,27-,28+,30+;;;/m111.../s1. The van der Waals surface area contributed by atoms with E-state index in [0.717, 1.165) is 151 Å². The van der Waals surface area contributed by atoms with Crippen molar-refractivity contribution in [1.82, 2.24) is 44.6 Å². The first-order chi connectivity index (χ1) is 66.4. The fraction of sp³-hybridized carbons (Fsp3) is 0.690. The highest BCUT2D eigenvalue weighted by Crippen LogP contribution is 2.47. The summed E-state index contributed by atoms with van der Waals surface area (Å²) in [6.45, 7) is 34.7. The van der Waals surface area contributed by atoms with Gasteiger partial charge in [-0.3, -0.25) is 28.8 Å². The zero-order valence-corrected chi connectivity index (χ0v) is 86.8. The number of aryl methyl sites for hydroxylation is 2. The van der Waals surface area contributed by atoms with Gasteiger partial charge in [0.05, 0.1) is 111 Å². The van der Waals surface area contributed by atoms with Gasteiger partial charge < -0.3 is 71.9 Å². The quantitative estimate of drug-likeness (QED) is 0.104. The molecule has 1 N–H and O–H groups in total. The number of carbonyl (C=O) groups is 9. The van der Waals surface area contributed by atoms with E-state index < -0.39 is 111 Å². The molecule has 9 heterocycles. The summed E-state index contributed by atoms with van der Waals surface area (Å²) in [6, 6.07) is 13.8. The predicted molar refractivity (Wildman–Crippen MR) is 550 cm³/mol. The predicted octanol–water partition coefficient (Wildman–Crippen LogP) is 21.3. The highest BCUT2D eigenvalue weighted by atomic mass is 16.6. The molecule has 9 aliphatic rings. The van der Waals surface area contributed by atoms with Crippen molar-refractivity contribution in [3.05, 3.63) is 77.8 Å². The number of hydrogen-bond acceptors (Lipinski definition) is 26. The summed E-state index contributed by atoms with van der Waals surface area (Å²) in [5.74, 6) is -3.38. The molecule has 6 bridgehead atoms. The molecule has 15 rings (SSSR count). The van der Waals surface area contributed by atoms with Crippen molar-refractivity contribution in [1.29, 1.82) is 0 Å². The summed E-state index contributed by atoms with van der Waals surface area (Å²) in [5.41, 5.74) is 2.91. The van der Waals surface area contributed by atoms with Crippen LogP contribution in [0.25, 0.3) is 39.2 Å². The number of aromatic nitrogens is 6. The Labute approximate surface area is 848 Å². The second kappa shape index (κ2) is 49.1. The molecule has 6 aromatic rings. The Morgan fingerprint density at radius 3 is 1.01 bits per heavy atom. The maximum atomic E-state index is 14.7. The molecule has 3 aliphatic carbocycles. The Balaban J connectivity index is 0.000000218. The fourth-order valence-electron chi connectivity index (χ4n) is 22.4. The van der Waals surface area contributed by atoms with E-state index in [1.54, 1.807) is 31.1 Å². The number of methoxy groups -OCH3 is 3. The van der Waals surface area contributed by atoms with Crippen LogP contribution >= 0.6 is 0 Å². The average molecular weight is 1990 g/mol. The summed E-state index contributed by atoms with van der Waals surface area (Å²) < 4.78 is 66.4. The lowest BCUT2D eigenvalue weighted by atomic mass is 9.77. The van der Waals surface area contributed by atoms with E-state index in [-0.39, 0.29) is 121 Å². The van der Waals surface area contributed by atoms with E-state index in [4.69, 9.17) is 82.0 Å². The molecule has 30 heteroatoms. The first-order valence-electron chi connectivity index (χ1n) is 51.8. The smallest absolute Gasteiger partial charge is 0.329 e. The lowest BCUT2D eigenvalue weighted by molar-refractivity contribution is -0.168. The number of carboxylic acid groups (broad SMARTS) is 1. The first kappa shape index (κ1) is 114. The van der Waals surface area contributed by atoms with Crippen molar-refractivity contribution in [3.8, 4) is 34.9 Å². The summed E-state index contributed by atoms with van der Waals surface area (Å²) in [5, 5.41) is 10.4. The van der Waals surface area contributed by atoms with Gasteiger partial charge in [-0.25, -0.2) is 44.3 Å². The number of esters is 5. The second-order valence-electron chi connectivity index (χ2n) is 45.4. The molecule has 3 amide bonds. The van der Waals surface area contributed by atoms with Crippen molar-refractivity contribution < 1.29 is 100 Å². The minimum atomic E-state index is -1.09. The van der Waals surface area contributed by atoms with E-state index in [2.05, 4.69) is 6.08 Å². The normalized spacial score (nSPS) is 27.6. The highest BCUT2D eigenvalue weighted by molar-refractivity contribution is 5.92. The Hall–Kier alpha value is -10.6. The molecule has 6 aliphatic heterocycles. The van der Waals surface area contributed by atoms with Crippen LogP contribution in [0, 0.1) is 69.5 Å². The van der Waals surface area contributed by atoms with Crippen LogP contribution in [0.4, 0.5) is 0 Å². The number of carbonyl (C=O) groups excluding carboxylic acids is 8. The summed E-state index contributed by atoms with van der Waals surface area (Å²) in [4.78, 5) is 159. The Bertz CT molecular complexity index is 5420. The number of benzene rings is 3. The van der Waals surface area contributed by atoms with Crippen LogP contribution in [0.1, 0.15) is 331 Å². The minimum absolute atomic E-state index is 0. The molecule has 30 nitrogen and oxygen atoms in total. The van der Waals surface area contributed by atoms with Crippen molar-refractivity contribution in [2.75, 3.05) is 41.0 Å². The van der Waals surface area contributed by atoms with Crippen molar-refractivity contribution in [2.45, 2.75) is 393 Å². The molecule has 3 aromatic heterocycles. The largest absolute Gasteiger partial charge is 0.497 e. The van der Waals surface area contributed by atoms with Crippen molar-refractivity contribution in [2.24, 2.45) is 69.5 Å². The minimum Gasteiger partial charge on any atom is -0.497 e. The van der Waals surface area contributed by atoms with Crippen molar-refractivity contribution >= 4 is 92.7 Å². The van der Waals surface area contributed by atoms with E-state index in [1.165, 1.54) is 4.90 Å². The fourth-order valence-corrected chi connectivity index (χ4v) is 22.4. The van der Waals surface area contributed by atoms with Gasteiger partial charge in [-0.1, -0.05) is 137 Å². The summed E-state index contributed by atoms with van der Waals surface area (Å²) >= 11 is 0. The maximum absolute atomic E-state index is 14.7. The van der Waals surface area contributed by atoms with Gasteiger partial charge in [-0.2, -0.15) is 0 Å². The SMILES string of the molecule is C.C.C.CC[C@@H]1[C@@H]2CN(C(=O)[C@H](C(C)(C)C)CC(=O)O[C@@H]3CCC[C@H]3CCC/C=C/c3nc4ccc(OC)cc4nc3O2)[C@@H]1C(=O)OC(C)(C)C.CC[C@@H]1[C@@H]2CN(C(=O)[C@H](C(C)(C)C)CC(=O)O[C@@H]3CCC[C@H]3CCCCCc3nc4ccc(OC)cc4nc3O2)[C@@H]1C(=O)O.CC[C@@H]1[C@@H]2CN(C(=O)[C@H](C(C)(C)C)CC(=O)O[C@@H]3CCC[C@H]3CCCCCc3nc4ccc(OC)cc4nc3O2)[C@@H]1C(=O)OC(C)(C)C. The number of hydrogen-bond donors (Lipinski definition) is 1. The van der Waals surface area contributed by atoms with Gasteiger partial charge in [0.2, 0.25) is 35.4 Å². The molecular weight excluding hydrogens is 1820 g/mol. The lowest BCUT2D eigenvalue weighted by Crippen LogP contribution is -2.50. The van der Waals surface area contributed by atoms with Crippen LogP contribution in [0.3, 0.4) is 0 Å². The van der Waals surface area contributed by atoms with Crippen LogP contribution < -0.4 is 28.4 Å². The number of allylic oxidation sites excluding steroid dienone is 1. The van der Waals surface area contributed by atoms with Crippen LogP contribution in [0.2, 0.25) is 0 Å². The molecule has 3 saturated heterocycles. The van der Waals surface area contributed by atoms with Crippen LogP contribution in [-0.2, 0) is 79.7 Å². The number of ether oxygens (including phenoxy) is 11. The highest BCUT2D eigenvalue weighted by Gasteiger charge is 2.57. The van der Waals surface area contributed by atoms with Crippen LogP contribution in [-0.4, -0.2) is 210 Å². The molecule has 3 saturated carbocycles. The summed E-state index contributed by atoms with van der Waals surface area (Å²) in [7, 11) is 4.82. The molecular formula is C113H167N9O21. The average Bonchev–Trinajstić information content (AvgIpc) is 1.64. The van der Waals surface area contributed by atoms with E-state index in [9.17, 15) is 48.3 Å². The zero-order chi connectivity index (χ0) is 101. The molecule has 143 heavy (non-hydrogen) atoms. The molecule has 18 atom stereocenters. The van der Waals surface area contributed by atoms with E-state index in [0.29, 0.717) is 113 Å². The van der Waals surface area contributed by atoms with Crippen molar-refractivity contribution in [3.63, 3.8) is 0 Å². The Morgan fingerprint density at radius 2 is 0.685 bits per heavy atom. The number of amides is 3. The second-order valence-corrected chi connectivity index (χ2v) is 45.4. The third kappa shape index (κ3) is 28.4. The number of nitrogens with zero attached hydrogens (tertiary/aromatic N) is 9. The van der Waals surface area contributed by atoms with Gasteiger partial charge in [-0.15, -0.1) is 0 Å². The Morgan fingerprint density at radius 1 is 0.371 bits per heavy atom. The Kier molecular flexibility index (Phi) is 39.3. The molecule has 0 radical (unpaired) electrons. The number of rotatable bonds is 9. The third-order valence-corrected chi connectivity index (χ3v) is 30.0. The molecule has 0 spiro atoms. The maximum Gasteiger partial charge on any atom is 0.329 e. The van der Waals surface area contributed by atoms with Gasteiger partial charge in [-0.05, 0) is 253 Å². The number of fused-ring (bicyclic) bond motifs is 15. The molecule has 3 aromatic carbocycles. The van der Waals surface area contributed by atoms with Gasteiger partial charge in [0.15, 0.2) is 0 Å². The monoisotopic (exact) mass is 1990 g/mol. The topological polar surface area (TPSA) is 362 Å². The van der Waals surface area contributed by atoms with E-state index in [1.807, 2.05) is 185 Å². The van der Waals surface area contributed by atoms with E-state index >= 15 is 0 Å². The molecule has 6 fully saturated rings. The molecule has 790 valence electrons. The zero-order valence-electron chi connectivity index (χ0n) is 86.8. The van der Waals surface area contributed by atoms with Gasteiger partial charge in [0, 0.05) is 36.0 Å². The van der Waals surface area contributed by atoms with Crippen LogP contribution in [0.15, 0.2) is 60.7 Å². The first-order valence-corrected chi connectivity index (χ1v) is 51.8. The third-order valence-electron chi connectivity index (χ3n) is 30.0. The van der Waals surface area contributed by atoms with Crippen LogP contribution in [0.5, 0.6) is 34.9 Å². The van der Waals surface area contributed by atoms with Gasteiger partial charge in [0.1, 0.15) is 100 Å². The number of aliphatic carboxylic acids is 1. The van der Waals surface area contributed by atoms with Gasteiger partial charge >= 0.3 is 35.8 Å². The summed E-state index contributed by atoms with van der Waals surface area (Å²) in [6.07, 6.45) is 23.9.